The molecule has 0 amide bonds. The molecule has 0 aliphatic carbocycles. The van der Waals surface area contributed by atoms with Crippen LogP contribution in [0.3, 0.4) is 0 Å². The van der Waals surface area contributed by atoms with Crippen LogP contribution in [0.4, 0.5) is 8.78 Å². The van der Waals surface area contributed by atoms with Gasteiger partial charge >= 0.3 is 0 Å². The number of aryl methyl sites for hydroxylation is 1. The van der Waals surface area contributed by atoms with E-state index in [-0.39, 0.29) is 5.69 Å². The maximum absolute atomic E-state index is 12.1. The Kier molecular flexibility index (Phi) is 3.22. The van der Waals surface area contributed by atoms with Crippen molar-refractivity contribution in [1.82, 2.24) is 4.98 Å². The minimum atomic E-state index is -2.53. The lowest BCUT2D eigenvalue weighted by Gasteiger charge is -2.03. The molecule has 0 N–H and O–H groups in total. The third-order valence-electron chi connectivity index (χ3n) is 1.32. The third-order valence-corrected chi connectivity index (χ3v) is 2.97. The van der Waals surface area contributed by atoms with Gasteiger partial charge in [0.1, 0.15) is 5.69 Å². The first-order valence-corrected chi connectivity index (χ1v) is 4.58. The summed E-state index contributed by atoms with van der Waals surface area (Å²) in [6.45, 7) is 1.61. The van der Waals surface area contributed by atoms with E-state index in [4.69, 9.17) is 11.6 Å². The number of aromatic nitrogens is 1. The van der Waals surface area contributed by atoms with Gasteiger partial charge in [-0.15, -0.1) is 0 Å². The molecular formula is C7H5ClF2IN. The monoisotopic (exact) mass is 303 g/mol. The van der Waals surface area contributed by atoms with Crippen LogP contribution in [0.25, 0.3) is 0 Å². The van der Waals surface area contributed by atoms with Gasteiger partial charge in [0.25, 0.3) is 6.43 Å². The maximum Gasteiger partial charge on any atom is 0.280 e. The molecule has 0 aliphatic rings. The SMILES string of the molecule is Cc1nc(C(F)F)cc(I)c1Cl. The number of hydrogen-bond acceptors (Lipinski definition) is 1. The lowest BCUT2D eigenvalue weighted by Crippen LogP contribution is -1.95. The van der Waals surface area contributed by atoms with Crippen molar-refractivity contribution < 1.29 is 8.78 Å². The Bertz CT molecular complexity index is 280. The summed E-state index contributed by atoms with van der Waals surface area (Å²) in [7, 11) is 0. The molecule has 0 radical (unpaired) electrons. The fourth-order valence-corrected chi connectivity index (χ4v) is 1.56. The van der Waals surface area contributed by atoms with Gasteiger partial charge in [0.15, 0.2) is 0 Å². The molecule has 66 valence electrons. The van der Waals surface area contributed by atoms with Crippen molar-refractivity contribution in [2.24, 2.45) is 0 Å². The van der Waals surface area contributed by atoms with Crippen LogP contribution in [0.15, 0.2) is 6.07 Å². The summed E-state index contributed by atoms with van der Waals surface area (Å²) >= 11 is 7.64. The molecule has 0 bridgehead atoms. The van der Waals surface area contributed by atoms with Crippen molar-refractivity contribution in [3.63, 3.8) is 0 Å². The van der Waals surface area contributed by atoms with Gasteiger partial charge in [0, 0.05) is 3.57 Å². The average Bonchev–Trinajstić information content (AvgIpc) is 1.99. The summed E-state index contributed by atoms with van der Waals surface area (Å²) < 4.78 is 24.9. The second-order valence-corrected chi connectivity index (χ2v) is 3.77. The maximum atomic E-state index is 12.1. The Balaban J connectivity index is 3.21. The highest BCUT2D eigenvalue weighted by Gasteiger charge is 2.12. The van der Waals surface area contributed by atoms with Crippen LogP contribution >= 0.6 is 34.2 Å². The molecular weight excluding hydrogens is 298 g/mol. The minimum absolute atomic E-state index is 0.221. The van der Waals surface area contributed by atoms with E-state index < -0.39 is 6.43 Å². The van der Waals surface area contributed by atoms with Crippen LogP contribution in [0.1, 0.15) is 17.8 Å². The number of rotatable bonds is 1. The quantitative estimate of drug-likeness (QED) is 0.723. The Labute approximate surface area is 87.3 Å². The summed E-state index contributed by atoms with van der Waals surface area (Å²) in [4.78, 5) is 3.65. The predicted octanol–water partition coefficient (Wildman–Crippen LogP) is 3.59. The second-order valence-electron chi connectivity index (χ2n) is 2.23. The van der Waals surface area contributed by atoms with Gasteiger partial charge in [-0.3, -0.25) is 4.98 Å². The summed E-state index contributed by atoms with van der Waals surface area (Å²) in [6, 6.07) is 1.29. The highest BCUT2D eigenvalue weighted by atomic mass is 127. The second kappa shape index (κ2) is 3.83. The van der Waals surface area contributed by atoms with Crippen LogP contribution < -0.4 is 0 Å². The van der Waals surface area contributed by atoms with Gasteiger partial charge in [-0.1, -0.05) is 11.6 Å². The molecule has 0 saturated heterocycles. The van der Waals surface area contributed by atoms with E-state index in [1.54, 1.807) is 6.92 Å². The number of halogens is 4. The lowest BCUT2D eigenvalue weighted by atomic mass is 10.3. The van der Waals surface area contributed by atoms with Crippen LogP contribution in [-0.4, -0.2) is 4.98 Å². The van der Waals surface area contributed by atoms with Crippen molar-refractivity contribution in [3.8, 4) is 0 Å². The van der Waals surface area contributed by atoms with Crippen LogP contribution in [0, 0.1) is 10.5 Å². The molecule has 1 aromatic heterocycles. The van der Waals surface area contributed by atoms with Gasteiger partial charge in [-0.05, 0) is 35.6 Å². The van der Waals surface area contributed by atoms with Gasteiger partial charge in [-0.2, -0.15) is 0 Å². The molecule has 1 heterocycles. The molecule has 0 saturated carbocycles. The zero-order valence-electron chi connectivity index (χ0n) is 6.11. The normalized spacial score (nSPS) is 10.8. The van der Waals surface area contributed by atoms with Crippen LogP contribution in [-0.2, 0) is 0 Å². The Hall–Kier alpha value is 0.0300. The predicted molar refractivity (Wildman–Crippen MR) is 51.7 cm³/mol. The zero-order chi connectivity index (χ0) is 9.30. The van der Waals surface area contributed by atoms with Gasteiger partial charge < -0.3 is 0 Å². The Morgan fingerprint density at radius 1 is 1.58 bits per heavy atom. The van der Waals surface area contributed by atoms with E-state index in [2.05, 4.69) is 4.98 Å². The smallest absolute Gasteiger partial charge is 0.251 e. The molecule has 1 nitrogen and oxygen atoms in total. The van der Waals surface area contributed by atoms with Crippen LogP contribution in [0.5, 0.6) is 0 Å². The third kappa shape index (κ3) is 2.04. The molecule has 0 spiro atoms. The molecule has 12 heavy (non-hydrogen) atoms. The number of nitrogens with zero attached hydrogens (tertiary/aromatic N) is 1. The first-order valence-electron chi connectivity index (χ1n) is 3.13. The van der Waals surface area contributed by atoms with Crippen molar-refractivity contribution >= 4 is 34.2 Å². The fraction of sp³-hybridized carbons (Fsp3) is 0.286. The van der Waals surface area contributed by atoms with Crippen LogP contribution in [0.2, 0.25) is 5.02 Å². The molecule has 1 aromatic rings. The van der Waals surface area contributed by atoms with E-state index in [1.807, 2.05) is 22.6 Å². The van der Waals surface area contributed by atoms with E-state index >= 15 is 0 Å². The average molecular weight is 303 g/mol. The van der Waals surface area contributed by atoms with Gasteiger partial charge in [0.2, 0.25) is 0 Å². The van der Waals surface area contributed by atoms with E-state index in [0.29, 0.717) is 14.3 Å². The van der Waals surface area contributed by atoms with Gasteiger partial charge in [0.05, 0.1) is 10.7 Å². The Morgan fingerprint density at radius 2 is 2.17 bits per heavy atom. The van der Waals surface area contributed by atoms with E-state index in [1.165, 1.54) is 6.07 Å². The molecule has 0 aliphatic heterocycles. The summed E-state index contributed by atoms with van der Waals surface area (Å²) in [5.74, 6) is 0. The standard InChI is InChI=1S/C7H5ClF2IN/c1-3-6(8)4(11)2-5(12-3)7(9)10/h2,7H,1H3. The summed E-state index contributed by atoms with van der Waals surface area (Å²) in [5.41, 5.74) is 0.222. The lowest BCUT2D eigenvalue weighted by molar-refractivity contribution is 0.146. The molecule has 5 heteroatoms. The number of hydrogen-bond donors (Lipinski definition) is 0. The van der Waals surface area contributed by atoms with Gasteiger partial charge in [-0.25, -0.2) is 8.78 Å². The highest BCUT2D eigenvalue weighted by Crippen LogP contribution is 2.25. The molecule has 0 aromatic carbocycles. The topological polar surface area (TPSA) is 12.9 Å². The van der Waals surface area contributed by atoms with E-state index in [9.17, 15) is 8.78 Å². The minimum Gasteiger partial charge on any atom is -0.251 e. The molecule has 0 unspecified atom stereocenters. The first kappa shape index (κ1) is 10.1. The Morgan fingerprint density at radius 3 is 2.58 bits per heavy atom. The van der Waals surface area contributed by atoms with Crippen molar-refractivity contribution in [2.45, 2.75) is 13.3 Å². The number of pyridine rings is 1. The molecule has 1 rings (SSSR count). The van der Waals surface area contributed by atoms with Crippen molar-refractivity contribution in [1.29, 1.82) is 0 Å². The van der Waals surface area contributed by atoms with E-state index in [0.717, 1.165) is 0 Å². The summed E-state index contributed by atoms with van der Waals surface area (Å²) in [5, 5.41) is 0.444. The fourth-order valence-electron chi connectivity index (χ4n) is 0.753. The van der Waals surface area contributed by atoms with Crippen molar-refractivity contribution in [2.75, 3.05) is 0 Å². The molecule has 0 atom stereocenters. The zero-order valence-corrected chi connectivity index (χ0v) is 9.03. The first-order chi connectivity index (χ1) is 5.52. The molecule has 0 fully saturated rings. The van der Waals surface area contributed by atoms with Crippen molar-refractivity contribution in [3.05, 3.63) is 26.0 Å². The highest BCUT2D eigenvalue weighted by molar-refractivity contribution is 14.1. The number of alkyl halides is 2. The largest absolute Gasteiger partial charge is 0.280 e. The summed E-state index contributed by atoms with van der Waals surface area (Å²) in [6.07, 6.45) is -2.53.